The summed E-state index contributed by atoms with van der Waals surface area (Å²) in [6, 6.07) is 2.64. The highest BCUT2D eigenvalue weighted by atomic mass is 35.5. The van der Waals surface area contributed by atoms with Crippen molar-refractivity contribution in [2.24, 2.45) is 0 Å². The Bertz CT molecular complexity index is 394. The lowest BCUT2D eigenvalue weighted by Gasteiger charge is -2.14. The van der Waals surface area contributed by atoms with Gasteiger partial charge in [-0.1, -0.05) is 11.6 Å². The first-order chi connectivity index (χ1) is 7.80. The molecule has 0 radical (unpaired) electrons. The quantitative estimate of drug-likeness (QED) is 0.815. The van der Waals surface area contributed by atoms with Crippen molar-refractivity contribution in [3.8, 4) is 0 Å². The van der Waals surface area contributed by atoms with Crippen LogP contribution in [0.5, 0.6) is 0 Å². The third-order valence-electron chi connectivity index (χ3n) is 1.82. The van der Waals surface area contributed by atoms with Crippen LogP contribution in [-0.4, -0.2) is 34.8 Å². The molecule has 2 N–H and O–H groups in total. The van der Waals surface area contributed by atoms with Crippen LogP contribution in [-0.2, 0) is 0 Å². The van der Waals surface area contributed by atoms with Crippen molar-refractivity contribution >= 4 is 17.5 Å². The van der Waals surface area contributed by atoms with Crippen molar-refractivity contribution in [2.75, 3.05) is 6.54 Å². The summed E-state index contributed by atoms with van der Waals surface area (Å²) in [6.07, 6.45) is -6.23. The predicted molar refractivity (Wildman–Crippen MR) is 53.6 cm³/mol. The highest BCUT2D eigenvalue weighted by Gasteiger charge is 2.38. The Hall–Kier alpha value is -1.34. The van der Waals surface area contributed by atoms with Crippen LogP contribution in [0.25, 0.3) is 0 Å². The fraction of sp³-hybridized carbons (Fsp3) is 0.333. The van der Waals surface area contributed by atoms with Gasteiger partial charge in [0.1, 0.15) is 5.15 Å². The highest BCUT2D eigenvalue weighted by molar-refractivity contribution is 6.29. The number of aliphatic hydroxyl groups is 1. The van der Waals surface area contributed by atoms with Gasteiger partial charge in [-0.05, 0) is 12.1 Å². The summed E-state index contributed by atoms with van der Waals surface area (Å²) in [6.45, 7) is -0.912. The van der Waals surface area contributed by atoms with Gasteiger partial charge in [0.05, 0.1) is 12.1 Å². The molecule has 0 fully saturated rings. The van der Waals surface area contributed by atoms with Gasteiger partial charge < -0.3 is 10.4 Å². The van der Waals surface area contributed by atoms with Crippen molar-refractivity contribution in [3.05, 3.63) is 29.0 Å². The van der Waals surface area contributed by atoms with Gasteiger partial charge in [-0.15, -0.1) is 0 Å². The highest BCUT2D eigenvalue weighted by Crippen LogP contribution is 2.19. The van der Waals surface area contributed by atoms with Gasteiger partial charge in [0, 0.05) is 6.20 Å². The number of rotatable bonds is 3. The molecule has 0 saturated carbocycles. The molecule has 1 heterocycles. The molecule has 0 aromatic carbocycles. The van der Waals surface area contributed by atoms with Gasteiger partial charge in [0.25, 0.3) is 5.91 Å². The number of nitrogens with one attached hydrogen (secondary N) is 1. The van der Waals surface area contributed by atoms with E-state index in [9.17, 15) is 18.0 Å². The molecule has 1 atom stereocenters. The largest absolute Gasteiger partial charge is 0.416 e. The summed E-state index contributed by atoms with van der Waals surface area (Å²) in [5.74, 6) is -0.766. The number of aromatic nitrogens is 1. The summed E-state index contributed by atoms with van der Waals surface area (Å²) in [4.78, 5) is 14.9. The zero-order valence-electron chi connectivity index (χ0n) is 8.33. The molecule has 1 aromatic rings. The van der Waals surface area contributed by atoms with E-state index < -0.39 is 24.7 Å². The molecular formula is C9H8ClF3N2O2. The van der Waals surface area contributed by atoms with Gasteiger partial charge >= 0.3 is 6.18 Å². The first-order valence-electron chi connectivity index (χ1n) is 4.45. The number of alkyl halides is 3. The Morgan fingerprint density at radius 1 is 1.53 bits per heavy atom. The van der Waals surface area contributed by atoms with Crippen LogP contribution < -0.4 is 5.32 Å². The fourth-order valence-electron chi connectivity index (χ4n) is 0.917. The van der Waals surface area contributed by atoms with Gasteiger partial charge in [0.15, 0.2) is 6.10 Å². The average Bonchev–Trinajstić information content (AvgIpc) is 2.25. The summed E-state index contributed by atoms with van der Waals surface area (Å²) in [5.41, 5.74) is 0.0591. The average molecular weight is 269 g/mol. The summed E-state index contributed by atoms with van der Waals surface area (Å²) < 4.78 is 35.8. The number of carbonyl (C=O) groups is 1. The minimum Gasteiger partial charge on any atom is -0.382 e. The second-order valence-electron chi connectivity index (χ2n) is 3.14. The number of amides is 1. The fourth-order valence-corrected chi connectivity index (χ4v) is 1.03. The summed E-state index contributed by atoms with van der Waals surface area (Å²) in [5, 5.41) is 10.7. The number of hydrogen-bond acceptors (Lipinski definition) is 3. The van der Waals surface area contributed by atoms with Gasteiger partial charge in [0.2, 0.25) is 0 Å². The van der Waals surface area contributed by atoms with E-state index in [-0.39, 0.29) is 10.7 Å². The molecule has 8 heteroatoms. The molecule has 17 heavy (non-hydrogen) atoms. The Balaban J connectivity index is 2.53. The van der Waals surface area contributed by atoms with Crippen LogP contribution in [0.4, 0.5) is 13.2 Å². The van der Waals surface area contributed by atoms with E-state index in [1.54, 1.807) is 0 Å². The van der Waals surface area contributed by atoms with Gasteiger partial charge in [-0.25, -0.2) is 4.98 Å². The standard InChI is InChI=1S/C9H8ClF3N2O2/c10-7-2-1-5(3-14-7)8(17)15-4-6(16)9(11,12)13/h1-3,6,16H,4H2,(H,15,17). The number of pyridine rings is 1. The third kappa shape index (κ3) is 4.20. The minimum absolute atomic E-state index is 0.0591. The van der Waals surface area contributed by atoms with Crippen LogP contribution in [0.3, 0.4) is 0 Å². The molecule has 0 spiro atoms. The van der Waals surface area contributed by atoms with E-state index in [2.05, 4.69) is 4.98 Å². The maximum Gasteiger partial charge on any atom is 0.416 e. The molecule has 0 saturated heterocycles. The topological polar surface area (TPSA) is 62.2 Å². The lowest BCUT2D eigenvalue weighted by atomic mass is 10.2. The van der Waals surface area contributed by atoms with E-state index in [1.807, 2.05) is 5.32 Å². The Morgan fingerprint density at radius 3 is 2.65 bits per heavy atom. The Kier molecular flexibility index (Phi) is 4.30. The van der Waals surface area contributed by atoms with Crippen LogP contribution in [0.1, 0.15) is 10.4 Å². The number of aliphatic hydroxyl groups excluding tert-OH is 1. The molecule has 1 amide bonds. The SMILES string of the molecule is O=C(NCC(O)C(F)(F)F)c1ccc(Cl)nc1. The molecule has 1 rings (SSSR count). The normalized spacial score (nSPS) is 13.2. The zero-order valence-corrected chi connectivity index (χ0v) is 9.09. The van der Waals surface area contributed by atoms with Crippen LogP contribution in [0.15, 0.2) is 18.3 Å². The number of nitrogens with zero attached hydrogens (tertiary/aromatic N) is 1. The third-order valence-corrected chi connectivity index (χ3v) is 2.05. The van der Waals surface area contributed by atoms with Crippen molar-refractivity contribution in [3.63, 3.8) is 0 Å². The lowest BCUT2D eigenvalue weighted by Crippen LogP contribution is -2.40. The van der Waals surface area contributed by atoms with E-state index >= 15 is 0 Å². The first-order valence-corrected chi connectivity index (χ1v) is 4.83. The Morgan fingerprint density at radius 2 is 2.18 bits per heavy atom. The first kappa shape index (κ1) is 13.7. The number of carbonyl (C=O) groups excluding carboxylic acids is 1. The van der Waals surface area contributed by atoms with Crippen molar-refractivity contribution in [1.29, 1.82) is 0 Å². The number of halogens is 4. The van der Waals surface area contributed by atoms with Crippen molar-refractivity contribution < 1.29 is 23.1 Å². The molecular weight excluding hydrogens is 261 g/mol. The maximum atomic E-state index is 11.9. The monoisotopic (exact) mass is 268 g/mol. The van der Waals surface area contributed by atoms with Crippen molar-refractivity contribution in [1.82, 2.24) is 10.3 Å². The number of hydrogen-bond donors (Lipinski definition) is 2. The summed E-state index contributed by atoms with van der Waals surface area (Å²) >= 11 is 5.47. The smallest absolute Gasteiger partial charge is 0.382 e. The molecule has 1 unspecified atom stereocenters. The molecule has 0 aliphatic rings. The van der Waals surface area contributed by atoms with E-state index in [1.165, 1.54) is 12.1 Å². The molecule has 0 aliphatic carbocycles. The van der Waals surface area contributed by atoms with E-state index in [4.69, 9.17) is 16.7 Å². The van der Waals surface area contributed by atoms with E-state index in [0.717, 1.165) is 6.20 Å². The molecule has 0 bridgehead atoms. The minimum atomic E-state index is -4.76. The zero-order chi connectivity index (χ0) is 13.1. The molecule has 0 aliphatic heterocycles. The maximum absolute atomic E-state index is 11.9. The molecule has 1 aromatic heterocycles. The summed E-state index contributed by atoms with van der Waals surface area (Å²) in [7, 11) is 0. The van der Waals surface area contributed by atoms with Gasteiger partial charge in [-0.2, -0.15) is 13.2 Å². The predicted octanol–water partition coefficient (Wildman–Crippen LogP) is 1.39. The second kappa shape index (κ2) is 5.33. The second-order valence-corrected chi connectivity index (χ2v) is 3.52. The van der Waals surface area contributed by atoms with E-state index in [0.29, 0.717) is 0 Å². The van der Waals surface area contributed by atoms with Crippen LogP contribution >= 0.6 is 11.6 Å². The molecule has 94 valence electrons. The van der Waals surface area contributed by atoms with Crippen LogP contribution in [0.2, 0.25) is 5.15 Å². The van der Waals surface area contributed by atoms with Crippen LogP contribution in [0, 0.1) is 0 Å². The van der Waals surface area contributed by atoms with Gasteiger partial charge in [-0.3, -0.25) is 4.79 Å². The van der Waals surface area contributed by atoms with Crippen molar-refractivity contribution in [2.45, 2.75) is 12.3 Å². The molecule has 4 nitrogen and oxygen atoms in total. The Labute approximate surface area is 99.4 Å². The lowest BCUT2D eigenvalue weighted by molar-refractivity contribution is -0.201.